The third-order valence-electron chi connectivity index (χ3n) is 7.44. The zero-order valence-electron chi connectivity index (χ0n) is 22.4. The average Bonchev–Trinajstić information content (AvgIpc) is 2.68. The van der Waals surface area contributed by atoms with Crippen LogP contribution in [0.3, 0.4) is 0 Å². The van der Waals surface area contributed by atoms with Crippen LogP contribution in [0.4, 0.5) is 0 Å². The van der Waals surface area contributed by atoms with Gasteiger partial charge in [-0.25, -0.2) is 0 Å². The maximum absolute atomic E-state index is 10.5. The van der Waals surface area contributed by atoms with Crippen molar-refractivity contribution in [3.8, 4) is 0 Å². The zero-order valence-corrected chi connectivity index (χ0v) is 22.4. The second-order valence-electron chi connectivity index (χ2n) is 11.4. The van der Waals surface area contributed by atoms with Crippen LogP contribution in [-0.2, 0) is 0 Å². The van der Waals surface area contributed by atoms with Crippen molar-refractivity contribution >= 4 is 0 Å². The molecule has 0 aliphatic heterocycles. The predicted octanol–water partition coefficient (Wildman–Crippen LogP) is 8.46. The number of aliphatic hydroxyl groups is 2. The van der Waals surface area contributed by atoms with Gasteiger partial charge in [0.25, 0.3) is 0 Å². The Bertz CT molecular complexity index is 620. The quantitative estimate of drug-likeness (QED) is 0.369. The molecule has 2 rings (SSSR count). The molecule has 0 unspecified atom stereocenters. The highest BCUT2D eigenvalue weighted by Crippen LogP contribution is 2.35. The van der Waals surface area contributed by atoms with Crippen LogP contribution in [-0.4, -0.2) is 21.4 Å². The third kappa shape index (κ3) is 11.1. The molecular formula is C30H52O2. The van der Waals surface area contributed by atoms with Gasteiger partial charge in [-0.15, -0.1) is 0 Å². The van der Waals surface area contributed by atoms with Gasteiger partial charge in [0.2, 0.25) is 0 Å². The van der Waals surface area contributed by atoms with E-state index in [1.54, 1.807) is 0 Å². The molecule has 2 aliphatic rings. The van der Waals surface area contributed by atoms with Gasteiger partial charge in [-0.2, -0.15) is 0 Å². The van der Waals surface area contributed by atoms with Gasteiger partial charge in [-0.3, -0.25) is 0 Å². The van der Waals surface area contributed by atoms with Crippen LogP contribution in [0.2, 0.25) is 0 Å². The second-order valence-corrected chi connectivity index (χ2v) is 11.4. The highest BCUT2D eigenvalue weighted by Gasteiger charge is 2.32. The van der Waals surface area contributed by atoms with Gasteiger partial charge in [0.15, 0.2) is 0 Å². The molecular weight excluding hydrogens is 392 g/mol. The summed E-state index contributed by atoms with van der Waals surface area (Å²) in [4.78, 5) is 0. The maximum atomic E-state index is 10.5. The fraction of sp³-hybridized carbons (Fsp3) is 0.733. The van der Waals surface area contributed by atoms with Crippen LogP contribution in [0.25, 0.3) is 0 Å². The SMILES string of the molecule is CC(C)=CCC[C@@](C)(O)[C@H]1CC=C(C)CC1.CC(C)=CCC[C@](C)(O)[C@@H]1CC=C(C)CC1. The lowest BCUT2D eigenvalue weighted by Crippen LogP contribution is -2.35. The molecule has 184 valence electrons. The van der Waals surface area contributed by atoms with E-state index in [2.05, 4.69) is 65.8 Å². The molecule has 0 aromatic rings. The molecule has 2 nitrogen and oxygen atoms in total. The molecule has 0 aromatic carbocycles. The molecule has 0 fully saturated rings. The van der Waals surface area contributed by atoms with E-state index in [1.807, 2.05) is 13.8 Å². The Kier molecular flexibility index (Phi) is 12.2. The molecule has 0 aromatic heterocycles. The molecule has 32 heavy (non-hydrogen) atoms. The summed E-state index contributed by atoms with van der Waals surface area (Å²) in [6.07, 6.45) is 19.5. The van der Waals surface area contributed by atoms with Gasteiger partial charge in [0.1, 0.15) is 0 Å². The highest BCUT2D eigenvalue weighted by molar-refractivity contribution is 5.07. The Hall–Kier alpha value is -1.12. The summed E-state index contributed by atoms with van der Waals surface area (Å²) in [5.41, 5.74) is 4.66. The predicted molar refractivity (Wildman–Crippen MR) is 141 cm³/mol. The number of hydrogen-bond acceptors (Lipinski definition) is 2. The topological polar surface area (TPSA) is 40.5 Å². The summed E-state index contributed by atoms with van der Waals surface area (Å²) >= 11 is 0. The van der Waals surface area contributed by atoms with Crippen LogP contribution in [0, 0.1) is 11.8 Å². The largest absolute Gasteiger partial charge is 0.390 e. The van der Waals surface area contributed by atoms with Gasteiger partial charge < -0.3 is 10.2 Å². The molecule has 0 saturated heterocycles. The van der Waals surface area contributed by atoms with Crippen molar-refractivity contribution in [2.45, 2.75) is 131 Å². The van der Waals surface area contributed by atoms with Gasteiger partial charge in [-0.05, 0) is 131 Å². The van der Waals surface area contributed by atoms with Crippen molar-refractivity contribution < 1.29 is 10.2 Å². The summed E-state index contributed by atoms with van der Waals surface area (Å²) in [6, 6.07) is 0. The van der Waals surface area contributed by atoms with Crippen molar-refractivity contribution in [3.63, 3.8) is 0 Å². The van der Waals surface area contributed by atoms with Gasteiger partial charge in [0.05, 0.1) is 11.2 Å². The van der Waals surface area contributed by atoms with E-state index in [0.717, 1.165) is 64.2 Å². The summed E-state index contributed by atoms with van der Waals surface area (Å²) in [6.45, 7) is 16.8. The normalized spacial score (nSPS) is 24.6. The fourth-order valence-electron chi connectivity index (χ4n) is 4.77. The smallest absolute Gasteiger partial charge is 0.0653 e. The van der Waals surface area contributed by atoms with Gasteiger partial charge in [0, 0.05) is 0 Å². The highest BCUT2D eigenvalue weighted by atomic mass is 16.3. The molecule has 0 radical (unpaired) electrons. The fourth-order valence-corrected chi connectivity index (χ4v) is 4.77. The molecule has 0 saturated carbocycles. The number of allylic oxidation sites excluding steroid dienone is 8. The van der Waals surface area contributed by atoms with Gasteiger partial charge >= 0.3 is 0 Å². The van der Waals surface area contributed by atoms with Crippen molar-refractivity contribution in [1.82, 2.24) is 0 Å². The molecule has 0 bridgehead atoms. The minimum absolute atomic E-state index is 0.446. The number of rotatable bonds is 8. The Morgan fingerprint density at radius 3 is 1.38 bits per heavy atom. The lowest BCUT2D eigenvalue weighted by Gasteiger charge is -2.34. The summed E-state index contributed by atoms with van der Waals surface area (Å²) in [5, 5.41) is 21.0. The van der Waals surface area contributed by atoms with E-state index >= 15 is 0 Å². The first kappa shape index (κ1) is 28.9. The first-order valence-corrected chi connectivity index (χ1v) is 12.9. The molecule has 2 N–H and O–H groups in total. The standard InChI is InChI=1S/2C15H26O/c2*1-12(2)6-5-11-15(4,16)14-9-7-13(3)8-10-14/h2*6-7,14,16H,5,8-11H2,1-4H3/t2*14-,15+/m10/s1. The average molecular weight is 445 g/mol. The molecule has 0 heterocycles. The Morgan fingerprint density at radius 2 is 1.12 bits per heavy atom. The zero-order chi connectivity index (χ0) is 24.4. The van der Waals surface area contributed by atoms with Crippen LogP contribution in [0.15, 0.2) is 46.6 Å². The Morgan fingerprint density at radius 1 is 0.781 bits per heavy atom. The van der Waals surface area contributed by atoms with Crippen LogP contribution in [0.5, 0.6) is 0 Å². The molecule has 4 atom stereocenters. The lowest BCUT2D eigenvalue weighted by molar-refractivity contribution is -0.0125. The summed E-state index contributed by atoms with van der Waals surface area (Å²) in [7, 11) is 0. The molecule has 2 heteroatoms. The maximum Gasteiger partial charge on any atom is 0.0653 e. The van der Waals surface area contributed by atoms with E-state index in [-0.39, 0.29) is 0 Å². The van der Waals surface area contributed by atoms with E-state index in [4.69, 9.17) is 0 Å². The minimum atomic E-state index is -0.497. The summed E-state index contributed by atoms with van der Waals surface area (Å²) in [5.74, 6) is 0.892. The van der Waals surface area contributed by atoms with E-state index in [9.17, 15) is 10.2 Å². The first-order chi connectivity index (χ1) is 14.8. The third-order valence-corrected chi connectivity index (χ3v) is 7.44. The van der Waals surface area contributed by atoms with Crippen LogP contribution in [0.1, 0.15) is 120 Å². The lowest BCUT2D eigenvalue weighted by atomic mass is 9.76. The number of hydrogen-bond donors (Lipinski definition) is 2. The first-order valence-electron chi connectivity index (χ1n) is 12.9. The minimum Gasteiger partial charge on any atom is -0.390 e. The van der Waals surface area contributed by atoms with Gasteiger partial charge in [-0.1, -0.05) is 46.6 Å². The Balaban J connectivity index is 0.000000320. The molecule has 0 amide bonds. The molecule has 2 aliphatic carbocycles. The van der Waals surface area contributed by atoms with Crippen LogP contribution >= 0.6 is 0 Å². The monoisotopic (exact) mass is 444 g/mol. The van der Waals surface area contributed by atoms with Crippen molar-refractivity contribution in [1.29, 1.82) is 0 Å². The van der Waals surface area contributed by atoms with E-state index in [0.29, 0.717) is 11.8 Å². The van der Waals surface area contributed by atoms with Crippen molar-refractivity contribution in [3.05, 3.63) is 46.6 Å². The van der Waals surface area contributed by atoms with Crippen LogP contribution < -0.4 is 0 Å². The second kappa shape index (κ2) is 13.6. The Labute approximate surface area is 199 Å². The van der Waals surface area contributed by atoms with E-state index in [1.165, 1.54) is 22.3 Å². The van der Waals surface area contributed by atoms with Crippen molar-refractivity contribution in [2.24, 2.45) is 11.8 Å². The van der Waals surface area contributed by atoms with E-state index < -0.39 is 11.2 Å². The molecule has 0 spiro atoms. The summed E-state index contributed by atoms with van der Waals surface area (Å²) < 4.78 is 0. The van der Waals surface area contributed by atoms with Crippen molar-refractivity contribution in [2.75, 3.05) is 0 Å².